The molecule has 0 heterocycles. The minimum absolute atomic E-state index is 0.0262. The van der Waals surface area contributed by atoms with Gasteiger partial charge < -0.3 is 19.7 Å². The van der Waals surface area contributed by atoms with Crippen LogP contribution in [0.25, 0.3) is 0 Å². The molecule has 0 saturated heterocycles. The van der Waals surface area contributed by atoms with Crippen molar-refractivity contribution in [3.63, 3.8) is 0 Å². The van der Waals surface area contributed by atoms with Crippen LogP contribution in [0.4, 0.5) is 5.69 Å². The lowest BCUT2D eigenvalue weighted by Crippen LogP contribution is -2.49. The lowest BCUT2D eigenvalue weighted by molar-refractivity contribution is -0.385. The van der Waals surface area contributed by atoms with Crippen molar-refractivity contribution in [2.24, 2.45) is 0 Å². The molecule has 0 saturated carbocycles. The second-order valence-corrected chi connectivity index (χ2v) is 7.91. The van der Waals surface area contributed by atoms with Gasteiger partial charge in [-0.15, -0.1) is 0 Å². The van der Waals surface area contributed by atoms with Gasteiger partial charge in [0.1, 0.15) is 11.8 Å². The number of nitrogens with one attached hydrogen (secondary N) is 1. The van der Waals surface area contributed by atoms with Crippen molar-refractivity contribution in [2.75, 3.05) is 20.3 Å². The van der Waals surface area contributed by atoms with E-state index >= 15 is 0 Å². The summed E-state index contributed by atoms with van der Waals surface area (Å²) in [6, 6.07) is 10.7. The van der Waals surface area contributed by atoms with Gasteiger partial charge in [0, 0.05) is 29.7 Å². The number of nitro benzene ring substituents is 1. The summed E-state index contributed by atoms with van der Waals surface area (Å²) in [6.07, 6.45) is 0.781. The van der Waals surface area contributed by atoms with Crippen LogP contribution in [0, 0.1) is 10.1 Å². The molecule has 0 radical (unpaired) electrons. The molecule has 0 spiro atoms. The summed E-state index contributed by atoms with van der Waals surface area (Å²) in [6.45, 7) is 3.99. The molecule has 0 fully saturated rings. The lowest BCUT2D eigenvalue weighted by atomic mass is 10.1. The fourth-order valence-corrected chi connectivity index (χ4v) is 3.38. The number of hydrogen-bond acceptors (Lipinski definition) is 6. The van der Waals surface area contributed by atoms with Crippen molar-refractivity contribution >= 4 is 33.4 Å². The minimum atomic E-state index is -0.719. The monoisotopic (exact) mass is 507 g/mol. The number of nitrogens with zero attached hydrogens (tertiary/aromatic N) is 2. The summed E-state index contributed by atoms with van der Waals surface area (Å²) in [5.74, 6) is -0.391. The Morgan fingerprint density at radius 1 is 1.25 bits per heavy atom. The Balaban J connectivity index is 2.18. The molecule has 0 aromatic heterocycles. The molecule has 10 heteroatoms. The first-order valence-electron chi connectivity index (χ1n) is 10.0. The zero-order valence-corrected chi connectivity index (χ0v) is 19.8. The van der Waals surface area contributed by atoms with Gasteiger partial charge in [-0.05, 0) is 37.1 Å². The summed E-state index contributed by atoms with van der Waals surface area (Å²) in [5.41, 5.74) is 0.642. The average molecular weight is 508 g/mol. The molecule has 0 bridgehead atoms. The molecule has 32 heavy (non-hydrogen) atoms. The standard InChI is InChI=1S/C22H26BrN3O6/c1-4-10-24-22(28)15(2)25(13-16-6-5-7-17(23)11-16)21(27)14-32-18-8-9-19(26(29)30)20(12-18)31-3/h5-9,11-12,15H,4,10,13-14H2,1-3H3,(H,24,28)/t15-/m1/s1. The number of hydrogen-bond donors (Lipinski definition) is 1. The van der Waals surface area contributed by atoms with Crippen LogP contribution in [0.5, 0.6) is 11.5 Å². The number of ether oxygens (including phenoxy) is 2. The Bertz CT molecular complexity index is 968. The Morgan fingerprint density at radius 2 is 2.00 bits per heavy atom. The van der Waals surface area contributed by atoms with E-state index in [1.54, 1.807) is 6.92 Å². The Kier molecular flexibility index (Phi) is 9.45. The van der Waals surface area contributed by atoms with E-state index < -0.39 is 16.9 Å². The van der Waals surface area contributed by atoms with E-state index in [0.29, 0.717) is 6.54 Å². The van der Waals surface area contributed by atoms with Gasteiger partial charge in [-0.2, -0.15) is 0 Å². The van der Waals surface area contributed by atoms with E-state index in [4.69, 9.17) is 9.47 Å². The van der Waals surface area contributed by atoms with E-state index in [1.165, 1.54) is 30.2 Å². The molecule has 1 N–H and O–H groups in total. The lowest BCUT2D eigenvalue weighted by Gasteiger charge is -2.28. The Labute approximate surface area is 195 Å². The second-order valence-electron chi connectivity index (χ2n) is 7.00. The van der Waals surface area contributed by atoms with Gasteiger partial charge in [0.25, 0.3) is 5.91 Å². The first kappa shape index (κ1) is 25.1. The number of rotatable bonds is 11. The van der Waals surface area contributed by atoms with Crippen LogP contribution in [0.1, 0.15) is 25.8 Å². The molecule has 0 aliphatic heterocycles. The highest BCUT2D eigenvalue weighted by Crippen LogP contribution is 2.30. The topological polar surface area (TPSA) is 111 Å². The van der Waals surface area contributed by atoms with Gasteiger partial charge in [-0.3, -0.25) is 19.7 Å². The number of halogens is 1. The van der Waals surface area contributed by atoms with Crippen LogP contribution in [-0.2, 0) is 16.1 Å². The predicted molar refractivity (Wildman–Crippen MR) is 123 cm³/mol. The third-order valence-electron chi connectivity index (χ3n) is 4.67. The van der Waals surface area contributed by atoms with E-state index in [1.807, 2.05) is 31.2 Å². The summed E-state index contributed by atoms with van der Waals surface area (Å²) < 4.78 is 11.4. The van der Waals surface area contributed by atoms with Crippen LogP contribution in [0.15, 0.2) is 46.9 Å². The van der Waals surface area contributed by atoms with Crippen molar-refractivity contribution in [1.82, 2.24) is 10.2 Å². The van der Waals surface area contributed by atoms with Crippen LogP contribution in [0.3, 0.4) is 0 Å². The number of methoxy groups -OCH3 is 1. The third kappa shape index (κ3) is 6.94. The molecule has 2 aromatic rings. The highest BCUT2D eigenvalue weighted by atomic mass is 79.9. The molecular formula is C22H26BrN3O6. The quantitative estimate of drug-likeness (QED) is 0.366. The second kappa shape index (κ2) is 12.0. The van der Waals surface area contributed by atoms with Gasteiger partial charge in [0.2, 0.25) is 11.7 Å². The maximum absolute atomic E-state index is 13.0. The largest absolute Gasteiger partial charge is 0.490 e. The van der Waals surface area contributed by atoms with E-state index in [-0.39, 0.29) is 36.2 Å². The average Bonchev–Trinajstić information content (AvgIpc) is 2.78. The smallest absolute Gasteiger partial charge is 0.311 e. The summed E-state index contributed by atoms with van der Waals surface area (Å²) in [5, 5.41) is 13.8. The molecule has 1 atom stereocenters. The van der Waals surface area contributed by atoms with Gasteiger partial charge in [-0.1, -0.05) is 35.0 Å². The minimum Gasteiger partial charge on any atom is -0.490 e. The van der Waals surface area contributed by atoms with Gasteiger partial charge in [0.15, 0.2) is 6.61 Å². The number of amides is 2. The molecule has 0 aliphatic carbocycles. The highest BCUT2D eigenvalue weighted by Gasteiger charge is 2.26. The summed E-state index contributed by atoms with van der Waals surface area (Å²) >= 11 is 3.41. The fourth-order valence-electron chi connectivity index (χ4n) is 2.94. The van der Waals surface area contributed by atoms with Crippen LogP contribution in [-0.4, -0.2) is 47.9 Å². The molecule has 0 aliphatic rings. The summed E-state index contributed by atoms with van der Waals surface area (Å²) in [4.78, 5) is 37.5. The molecule has 2 rings (SSSR count). The van der Waals surface area contributed by atoms with Crippen molar-refractivity contribution in [2.45, 2.75) is 32.9 Å². The predicted octanol–water partition coefficient (Wildman–Crippen LogP) is 3.69. The number of nitro groups is 1. The van der Waals surface area contributed by atoms with Crippen LogP contribution >= 0.6 is 15.9 Å². The van der Waals surface area contributed by atoms with E-state index in [9.17, 15) is 19.7 Å². The third-order valence-corrected chi connectivity index (χ3v) is 5.16. The summed E-state index contributed by atoms with van der Waals surface area (Å²) in [7, 11) is 1.31. The van der Waals surface area contributed by atoms with Crippen molar-refractivity contribution in [1.29, 1.82) is 0 Å². The first-order valence-corrected chi connectivity index (χ1v) is 10.8. The number of benzene rings is 2. The molecule has 2 amide bonds. The SMILES string of the molecule is CCCNC(=O)[C@@H](C)N(Cc1cccc(Br)c1)C(=O)COc1ccc([N+](=O)[O-])c(OC)c1. The van der Waals surface area contributed by atoms with Gasteiger partial charge >= 0.3 is 5.69 Å². The zero-order chi connectivity index (χ0) is 23.7. The van der Waals surface area contributed by atoms with Gasteiger partial charge in [-0.25, -0.2) is 0 Å². The van der Waals surface area contributed by atoms with Gasteiger partial charge in [0.05, 0.1) is 12.0 Å². The molecule has 2 aromatic carbocycles. The first-order chi connectivity index (χ1) is 15.3. The molecule has 9 nitrogen and oxygen atoms in total. The van der Waals surface area contributed by atoms with E-state index in [2.05, 4.69) is 21.2 Å². The highest BCUT2D eigenvalue weighted by molar-refractivity contribution is 9.10. The van der Waals surface area contributed by atoms with Crippen molar-refractivity contribution in [3.05, 3.63) is 62.6 Å². The number of carbonyl (C=O) groups is 2. The maximum atomic E-state index is 13.0. The van der Waals surface area contributed by atoms with Crippen LogP contribution < -0.4 is 14.8 Å². The molecule has 172 valence electrons. The van der Waals surface area contributed by atoms with Crippen molar-refractivity contribution in [3.8, 4) is 11.5 Å². The number of carbonyl (C=O) groups excluding carboxylic acids is 2. The Hall–Kier alpha value is -3.14. The zero-order valence-electron chi connectivity index (χ0n) is 18.2. The maximum Gasteiger partial charge on any atom is 0.311 e. The van der Waals surface area contributed by atoms with E-state index in [0.717, 1.165) is 16.5 Å². The molecular weight excluding hydrogens is 482 g/mol. The molecule has 0 unspecified atom stereocenters. The Morgan fingerprint density at radius 3 is 2.62 bits per heavy atom. The normalized spacial score (nSPS) is 11.4. The fraction of sp³-hybridized carbons (Fsp3) is 0.364. The van der Waals surface area contributed by atoms with Crippen molar-refractivity contribution < 1.29 is 24.0 Å². The van der Waals surface area contributed by atoms with Crippen LogP contribution in [0.2, 0.25) is 0 Å².